The molecule has 3 rings (SSSR count). The van der Waals surface area contributed by atoms with Crippen LogP contribution in [0.25, 0.3) is 22.6 Å². The number of carboxylic acids is 1. The van der Waals surface area contributed by atoms with Crippen molar-refractivity contribution in [3.8, 4) is 22.6 Å². The number of hydrogen-bond acceptors (Lipinski definition) is 4. The van der Waals surface area contributed by atoms with E-state index >= 15 is 0 Å². The van der Waals surface area contributed by atoms with E-state index in [0.717, 1.165) is 5.56 Å². The summed E-state index contributed by atoms with van der Waals surface area (Å²) in [6.45, 7) is 0. The number of carboxylic acid groups (broad SMARTS) is 1. The molecule has 1 atom stereocenters. The summed E-state index contributed by atoms with van der Waals surface area (Å²) in [6, 6.07) is 15.0. The summed E-state index contributed by atoms with van der Waals surface area (Å²) in [4.78, 5) is 15.3. The maximum absolute atomic E-state index is 13.5. The van der Waals surface area contributed by atoms with E-state index in [-0.39, 0.29) is 5.89 Å². The molecule has 1 N–H and O–H groups in total. The zero-order valence-corrected chi connectivity index (χ0v) is 12.7. The van der Waals surface area contributed by atoms with Gasteiger partial charge in [-0.25, -0.2) is 9.37 Å². The maximum Gasteiger partial charge on any atom is 0.325 e. The highest BCUT2D eigenvalue weighted by Gasteiger charge is 2.25. The van der Waals surface area contributed by atoms with Crippen LogP contribution in [0.5, 0.6) is 0 Å². The molecule has 1 unspecified atom stereocenters. The predicted octanol–water partition coefficient (Wildman–Crippen LogP) is 4.20. The average Bonchev–Trinajstić information content (AvgIpc) is 3.00. The number of aromatic nitrogens is 1. The molecule has 4 nitrogen and oxygen atoms in total. The van der Waals surface area contributed by atoms with Crippen LogP contribution in [0.4, 0.5) is 4.39 Å². The van der Waals surface area contributed by atoms with Gasteiger partial charge in [0.2, 0.25) is 5.89 Å². The van der Waals surface area contributed by atoms with Crippen LogP contribution < -0.4 is 0 Å². The quantitative estimate of drug-likeness (QED) is 0.704. The molecule has 0 spiro atoms. The van der Waals surface area contributed by atoms with E-state index in [1.54, 1.807) is 24.3 Å². The normalized spacial score (nSPS) is 12.1. The molecule has 0 fully saturated rings. The number of nitrogens with zero attached hydrogens (tertiary/aromatic N) is 1. The van der Waals surface area contributed by atoms with Crippen LogP contribution in [0.1, 0.15) is 11.1 Å². The molecule has 0 aliphatic rings. The second-order valence-corrected chi connectivity index (χ2v) is 5.36. The SMILES string of the molecule is O=C(O)C(S)c1nc(-c2cccc(F)c2)c(-c2ccccc2)o1. The lowest BCUT2D eigenvalue weighted by Gasteiger charge is -2.01. The van der Waals surface area contributed by atoms with E-state index in [2.05, 4.69) is 17.6 Å². The summed E-state index contributed by atoms with van der Waals surface area (Å²) >= 11 is 3.99. The lowest BCUT2D eigenvalue weighted by Crippen LogP contribution is -2.05. The number of aliphatic carboxylic acids is 1. The van der Waals surface area contributed by atoms with Gasteiger partial charge in [-0.15, -0.1) is 0 Å². The Bertz CT molecular complexity index is 848. The Morgan fingerprint density at radius 3 is 2.48 bits per heavy atom. The number of carbonyl (C=O) groups is 1. The first-order valence-electron chi connectivity index (χ1n) is 6.79. The van der Waals surface area contributed by atoms with Gasteiger partial charge < -0.3 is 9.52 Å². The zero-order chi connectivity index (χ0) is 16.4. The maximum atomic E-state index is 13.5. The fourth-order valence-electron chi connectivity index (χ4n) is 2.18. The van der Waals surface area contributed by atoms with Gasteiger partial charge in [0, 0.05) is 11.1 Å². The van der Waals surface area contributed by atoms with Crippen molar-refractivity contribution in [1.29, 1.82) is 0 Å². The van der Waals surface area contributed by atoms with Crippen molar-refractivity contribution in [3.05, 3.63) is 66.3 Å². The van der Waals surface area contributed by atoms with E-state index in [1.807, 2.05) is 18.2 Å². The van der Waals surface area contributed by atoms with Crippen LogP contribution in [0, 0.1) is 5.82 Å². The number of thiol groups is 1. The van der Waals surface area contributed by atoms with Crippen molar-refractivity contribution >= 4 is 18.6 Å². The topological polar surface area (TPSA) is 63.3 Å². The minimum atomic E-state index is -1.19. The summed E-state index contributed by atoms with van der Waals surface area (Å²) < 4.78 is 19.1. The molecule has 116 valence electrons. The summed E-state index contributed by atoms with van der Waals surface area (Å²) in [6.07, 6.45) is 0. The molecule has 1 aromatic heterocycles. The molecule has 23 heavy (non-hydrogen) atoms. The molecule has 0 radical (unpaired) electrons. The highest BCUT2D eigenvalue weighted by Crippen LogP contribution is 2.35. The van der Waals surface area contributed by atoms with Gasteiger partial charge >= 0.3 is 5.97 Å². The van der Waals surface area contributed by atoms with Crippen LogP contribution in [0.15, 0.2) is 59.0 Å². The van der Waals surface area contributed by atoms with Crippen molar-refractivity contribution < 1.29 is 18.7 Å². The number of rotatable bonds is 4. The van der Waals surface area contributed by atoms with Crippen molar-refractivity contribution in [2.75, 3.05) is 0 Å². The van der Waals surface area contributed by atoms with Gasteiger partial charge in [-0.3, -0.25) is 4.79 Å². The molecular formula is C17H12FNO3S. The van der Waals surface area contributed by atoms with Gasteiger partial charge in [0.1, 0.15) is 11.5 Å². The van der Waals surface area contributed by atoms with Gasteiger partial charge in [0.15, 0.2) is 11.0 Å². The first kappa shape index (κ1) is 15.3. The molecule has 0 bridgehead atoms. The second-order valence-electron chi connectivity index (χ2n) is 4.85. The van der Waals surface area contributed by atoms with Crippen molar-refractivity contribution in [2.45, 2.75) is 5.25 Å². The largest absolute Gasteiger partial charge is 0.480 e. The van der Waals surface area contributed by atoms with E-state index in [9.17, 15) is 9.18 Å². The first-order valence-corrected chi connectivity index (χ1v) is 7.31. The van der Waals surface area contributed by atoms with E-state index in [0.29, 0.717) is 17.0 Å². The Balaban J connectivity index is 2.18. The van der Waals surface area contributed by atoms with Gasteiger partial charge in [0.05, 0.1) is 0 Å². The van der Waals surface area contributed by atoms with Crippen LogP contribution in [-0.2, 0) is 4.79 Å². The van der Waals surface area contributed by atoms with E-state index < -0.39 is 17.0 Å². The van der Waals surface area contributed by atoms with Gasteiger partial charge in [0.25, 0.3) is 0 Å². The third kappa shape index (κ3) is 3.12. The van der Waals surface area contributed by atoms with E-state index in [4.69, 9.17) is 9.52 Å². The number of oxazole rings is 1. The van der Waals surface area contributed by atoms with Crippen LogP contribution in [0.3, 0.4) is 0 Å². The smallest absolute Gasteiger partial charge is 0.325 e. The molecule has 1 heterocycles. The number of benzene rings is 2. The van der Waals surface area contributed by atoms with Crippen LogP contribution >= 0.6 is 12.6 Å². The van der Waals surface area contributed by atoms with Crippen molar-refractivity contribution in [2.24, 2.45) is 0 Å². The van der Waals surface area contributed by atoms with Crippen molar-refractivity contribution in [3.63, 3.8) is 0 Å². The third-order valence-corrected chi connectivity index (χ3v) is 3.69. The Labute approximate surface area is 137 Å². The predicted molar refractivity (Wildman–Crippen MR) is 86.7 cm³/mol. The molecule has 6 heteroatoms. The fourth-order valence-corrected chi connectivity index (χ4v) is 2.29. The monoisotopic (exact) mass is 329 g/mol. The third-order valence-electron chi connectivity index (χ3n) is 3.25. The lowest BCUT2D eigenvalue weighted by molar-refractivity contribution is -0.136. The Morgan fingerprint density at radius 1 is 1.13 bits per heavy atom. The van der Waals surface area contributed by atoms with Crippen LogP contribution in [0.2, 0.25) is 0 Å². The minimum Gasteiger partial charge on any atom is -0.480 e. The Morgan fingerprint density at radius 2 is 1.83 bits per heavy atom. The average molecular weight is 329 g/mol. The van der Waals surface area contributed by atoms with E-state index in [1.165, 1.54) is 12.1 Å². The second kappa shape index (κ2) is 6.26. The fraction of sp³-hybridized carbons (Fsp3) is 0.0588. The van der Waals surface area contributed by atoms with Crippen molar-refractivity contribution in [1.82, 2.24) is 4.98 Å². The molecule has 0 amide bonds. The summed E-state index contributed by atoms with van der Waals surface area (Å²) in [5.74, 6) is -1.24. The Hall–Kier alpha value is -2.60. The molecular weight excluding hydrogens is 317 g/mol. The first-order chi connectivity index (χ1) is 11.1. The summed E-state index contributed by atoms with van der Waals surface area (Å²) in [5.41, 5.74) is 1.60. The van der Waals surface area contributed by atoms with Crippen LogP contribution in [-0.4, -0.2) is 16.1 Å². The van der Waals surface area contributed by atoms with Gasteiger partial charge in [-0.1, -0.05) is 42.5 Å². The zero-order valence-electron chi connectivity index (χ0n) is 11.8. The standard InChI is InChI=1S/C17H12FNO3S/c18-12-8-4-7-11(9-12)13-14(10-5-2-1-3-6-10)22-16(19-13)15(23)17(20)21/h1-9,15,23H,(H,20,21). The number of halogens is 1. The molecule has 0 aliphatic heterocycles. The molecule has 3 aromatic rings. The summed E-state index contributed by atoms with van der Waals surface area (Å²) in [7, 11) is 0. The number of hydrogen-bond donors (Lipinski definition) is 2. The minimum absolute atomic E-state index is 0.0426. The highest BCUT2D eigenvalue weighted by atomic mass is 32.1. The molecule has 0 saturated heterocycles. The van der Waals surface area contributed by atoms with Gasteiger partial charge in [-0.2, -0.15) is 12.6 Å². The lowest BCUT2D eigenvalue weighted by atomic mass is 10.1. The van der Waals surface area contributed by atoms with Gasteiger partial charge in [-0.05, 0) is 12.1 Å². The summed E-state index contributed by atoms with van der Waals surface area (Å²) in [5, 5.41) is 7.89. The highest BCUT2D eigenvalue weighted by molar-refractivity contribution is 7.81. The molecule has 0 saturated carbocycles. The Kier molecular flexibility index (Phi) is 4.16. The molecule has 2 aromatic carbocycles. The molecule has 0 aliphatic carbocycles.